The molecule has 0 aliphatic heterocycles. The average molecular weight is 289 g/mol. The Morgan fingerprint density at radius 2 is 2.26 bits per heavy atom. The Labute approximate surface area is 115 Å². The van der Waals surface area contributed by atoms with Gasteiger partial charge in [-0.15, -0.1) is 15.3 Å². The van der Waals surface area contributed by atoms with E-state index in [0.29, 0.717) is 5.76 Å². The van der Waals surface area contributed by atoms with Crippen LogP contribution in [0.1, 0.15) is 5.69 Å². The van der Waals surface area contributed by atoms with Gasteiger partial charge >= 0.3 is 0 Å². The van der Waals surface area contributed by atoms with Gasteiger partial charge in [0.05, 0.1) is 5.69 Å². The first-order valence-electron chi connectivity index (χ1n) is 5.50. The molecule has 0 unspecified atom stereocenters. The first-order valence-corrected chi connectivity index (χ1v) is 7.26. The van der Waals surface area contributed by atoms with Crippen LogP contribution in [0.25, 0.3) is 27.1 Å². The van der Waals surface area contributed by atoms with Crippen LogP contribution in [0.3, 0.4) is 0 Å². The maximum atomic E-state index is 5.22. The summed E-state index contributed by atoms with van der Waals surface area (Å²) >= 11 is 3.05. The number of nitrogens with zero attached hydrogens (tertiary/aromatic N) is 5. The van der Waals surface area contributed by atoms with Gasteiger partial charge in [-0.2, -0.15) is 15.9 Å². The fraction of sp³-hybridized carbons (Fsp3) is 0.0909. The summed E-state index contributed by atoms with van der Waals surface area (Å²) in [4.78, 5) is 0.741. The van der Waals surface area contributed by atoms with Gasteiger partial charge in [-0.3, -0.25) is 0 Å². The molecule has 0 atom stereocenters. The predicted molar refractivity (Wildman–Crippen MR) is 72.2 cm³/mol. The van der Waals surface area contributed by atoms with E-state index in [0.717, 1.165) is 27.1 Å². The molecule has 6 nitrogen and oxygen atoms in total. The van der Waals surface area contributed by atoms with Crippen LogP contribution in [-0.2, 0) is 0 Å². The number of aromatic nitrogens is 5. The van der Waals surface area contributed by atoms with E-state index in [4.69, 9.17) is 4.52 Å². The Balaban J connectivity index is 1.89. The molecule has 0 radical (unpaired) electrons. The first kappa shape index (κ1) is 10.8. The lowest BCUT2D eigenvalue weighted by Gasteiger charge is -1.90. The predicted octanol–water partition coefficient (Wildman–Crippen LogP) is 2.88. The van der Waals surface area contributed by atoms with Crippen molar-refractivity contribution >= 4 is 27.6 Å². The van der Waals surface area contributed by atoms with Gasteiger partial charge in [-0.25, -0.2) is 0 Å². The van der Waals surface area contributed by atoms with E-state index in [1.807, 2.05) is 29.8 Å². The fourth-order valence-electron chi connectivity index (χ4n) is 1.75. The zero-order chi connectivity index (χ0) is 12.8. The molecule has 0 fully saturated rings. The lowest BCUT2D eigenvalue weighted by Crippen LogP contribution is -1.89. The van der Waals surface area contributed by atoms with Crippen molar-refractivity contribution in [1.82, 2.24) is 25.0 Å². The Morgan fingerprint density at radius 3 is 3.00 bits per heavy atom. The first-order chi connectivity index (χ1) is 9.31. The monoisotopic (exact) mass is 289 g/mol. The quantitative estimate of drug-likeness (QED) is 0.567. The van der Waals surface area contributed by atoms with E-state index in [1.165, 1.54) is 11.3 Å². The largest absolute Gasteiger partial charge is 0.353 e. The summed E-state index contributed by atoms with van der Waals surface area (Å²) in [5, 5.41) is 21.4. The van der Waals surface area contributed by atoms with Gasteiger partial charge in [0.25, 0.3) is 0 Å². The molecule has 0 amide bonds. The van der Waals surface area contributed by atoms with Crippen LogP contribution >= 0.6 is 22.7 Å². The lowest BCUT2D eigenvalue weighted by molar-refractivity contribution is 0.426. The van der Waals surface area contributed by atoms with Gasteiger partial charge in [0.15, 0.2) is 16.6 Å². The number of hydrogen-bond donors (Lipinski definition) is 0. The molecule has 94 valence electrons. The van der Waals surface area contributed by atoms with Crippen molar-refractivity contribution in [3.63, 3.8) is 0 Å². The van der Waals surface area contributed by atoms with Crippen LogP contribution in [-0.4, -0.2) is 25.0 Å². The Morgan fingerprint density at radius 1 is 1.32 bits per heavy atom. The maximum absolute atomic E-state index is 5.22. The topological polar surface area (TPSA) is 69.1 Å². The number of thiophene rings is 1. The third-order valence-electron chi connectivity index (χ3n) is 2.61. The Bertz CT molecular complexity index is 842. The third kappa shape index (κ3) is 1.68. The Hall–Kier alpha value is -2.06. The van der Waals surface area contributed by atoms with Gasteiger partial charge < -0.3 is 4.52 Å². The second-order valence-corrected chi connectivity index (χ2v) is 5.71. The van der Waals surface area contributed by atoms with Crippen LogP contribution in [0.4, 0.5) is 0 Å². The standard InChI is InChI=1S/C11H7N5OS2/c1-6-4-8(17-15-6)10-14-16-9(7-2-3-18-5-7)12-13-11(16)19-10/h2-5H,1H3. The molecule has 0 saturated heterocycles. The third-order valence-corrected chi connectivity index (χ3v) is 4.21. The second kappa shape index (κ2) is 3.97. The SMILES string of the molecule is Cc1cc(-c2nn3c(-c4ccsc4)nnc3s2)on1. The molecule has 4 heterocycles. The van der Waals surface area contributed by atoms with Crippen LogP contribution in [0.5, 0.6) is 0 Å². The normalized spacial score (nSPS) is 11.4. The van der Waals surface area contributed by atoms with Gasteiger partial charge in [-0.1, -0.05) is 16.5 Å². The van der Waals surface area contributed by atoms with E-state index < -0.39 is 0 Å². The Kier molecular flexibility index (Phi) is 2.26. The van der Waals surface area contributed by atoms with Crippen molar-refractivity contribution in [3.8, 4) is 22.2 Å². The molecule has 0 spiro atoms. The highest BCUT2D eigenvalue weighted by atomic mass is 32.1. The van der Waals surface area contributed by atoms with E-state index in [-0.39, 0.29) is 0 Å². The molecule has 0 aromatic carbocycles. The molecule has 0 aliphatic rings. The summed E-state index contributed by atoms with van der Waals surface area (Å²) in [6.07, 6.45) is 0. The fourth-order valence-corrected chi connectivity index (χ4v) is 3.17. The van der Waals surface area contributed by atoms with Crippen LogP contribution in [0, 0.1) is 6.92 Å². The molecule has 0 saturated carbocycles. The van der Waals surface area contributed by atoms with E-state index in [1.54, 1.807) is 15.9 Å². The van der Waals surface area contributed by atoms with Gasteiger partial charge in [-0.05, 0) is 18.4 Å². The van der Waals surface area contributed by atoms with Crippen molar-refractivity contribution in [2.24, 2.45) is 0 Å². The van der Waals surface area contributed by atoms with Gasteiger partial charge in [0.2, 0.25) is 4.96 Å². The summed E-state index contributed by atoms with van der Waals surface area (Å²) in [6.45, 7) is 1.88. The molecular formula is C11H7N5OS2. The molecule has 4 aromatic rings. The second-order valence-electron chi connectivity index (χ2n) is 3.97. The molecule has 0 N–H and O–H groups in total. The summed E-state index contributed by atoms with van der Waals surface area (Å²) in [5.74, 6) is 1.40. The highest BCUT2D eigenvalue weighted by Crippen LogP contribution is 2.28. The number of rotatable bonds is 2. The minimum absolute atomic E-state index is 0.657. The van der Waals surface area contributed by atoms with Crippen molar-refractivity contribution < 1.29 is 4.52 Å². The number of hydrogen-bond acceptors (Lipinski definition) is 7. The molecule has 0 aliphatic carbocycles. The van der Waals surface area contributed by atoms with Gasteiger partial charge in [0.1, 0.15) is 0 Å². The van der Waals surface area contributed by atoms with Crippen molar-refractivity contribution in [3.05, 3.63) is 28.6 Å². The summed E-state index contributed by atoms with van der Waals surface area (Å²) < 4.78 is 6.95. The number of fused-ring (bicyclic) bond motifs is 1. The summed E-state index contributed by atoms with van der Waals surface area (Å²) in [7, 11) is 0. The molecule has 0 bridgehead atoms. The summed E-state index contributed by atoms with van der Waals surface area (Å²) in [5.41, 5.74) is 1.85. The average Bonchev–Trinajstić information content (AvgIpc) is 3.11. The smallest absolute Gasteiger partial charge is 0.235 e. The van der Waals surface area contributed by atoms with Crippen molar-refractivity contribution in [1.29, 1.82) is 0 Å². The maximum Gasteiger partial charge on any atom is 0.235 e. The minimum Gasteiger partial charge on any atom is -0.353 e. The molecule has 8 heteroatoms. The summed E-state index contributed by atoms with van der Waals surface area (Å²) in [6, 6.07) is 3.86. The van der Waals surface area contributed by atoms with Crippen LogP contribution in [0.2, 0.25) is 0 Å². The van der Waals surface area contributed by atoms with Crippen molar-refractivity contribution in [2.45, 2.75) is 6.92 Å². The van der Waals surface area contributed by atoms with Crippen LogP contribution in [0.15, 0.2) is 27.4 Å². The minimum atomic E-state index is 0.657. The van der Waals surface area contributed by atoms with E-state index in [9.17, 15) is 0 Å². The molecule has 19 heavy (non-hydrogen) atoms. The molecule has 4 rings (SSSR count). The highest BCUT2D eigenvalue weighted by Gasteiger charge is 2.16. The van der Waals surface area contributed by atoms with Crippen molar-refractivity contribution in [2.75, 3.05) is 0 Å². The molecular weight excluding hydrogens is 282 g/mol. The lowest BCUT2D eigenvalue weighted by atomic mass is 10.3. The van der Waals surface area contributed by atoms with Gasteiger partial charge in [0, 0.05) is 17.0 Å². The zero-order valence-corrected chi connectivity index (χ0v) is 11.4. The van der Waals surface area contributed by atoms with E-state index >= 15 is 0 Å². The highest BCUT2D eigenvalue weighted by molar-refractivity contribution is 7.19. The molecule has 4 aromatic heterocycles. The zero-order valence-electron chi connectivity index (χ0n) is 9.77. The van der Waals surface area contributed by atoms with E-state index in [2.05, 4.69) is 20.5 Å². The number of aryl methyl sites for hydroxylation is 1. The van der Waals surface area contributed by atoms with Crippen LogP contribution < -0.4 is 0 Å².